The number of carbonyl (C=O) groups excluding carboxylic acids is 2. The highest BCUT2D eigenvalue weighted by Gasteiger charge is 2.22. The molecule has 1 rings (SSSR count). The molecule has 1 aromatic carbocycles. The molecule has 4 nitrogen and oxygen atoms in total. The molecule has 0 aromatic heterocycles. The number of hydrogen-bond donors (Lipinski definition) is 1. The van der Waals surface area contributed by atoms with Crippen molar-refractivity contribution in [3.63, 3.8) is 0 Å². The van der Waals surface area contributed by atoms with Gasteiger partial charge in [0.1, 0.15) is 0 Å². The van der Waals surface area contributed by atoms with Crippen LogP contribution in [0.1, 0.15) is 16.8 Å². The highest BCUT2D eigenvalue weighted by atomic mass is 19.2. The number of Topliss-reactive ketones (excluding diaryl/α,β-unsaturated/α-hetero) is 1. The molecule has 0 aliphatic carbocycles. The van der Waals surface area contributed by atoms with Crippen LogP contribution in [0.3, 0.4) is 0 Å². The minimum absolute atomic E-state index is 0.00264. The highest BCUT2D eigenvalue weighted by molar-refractivity contribution is 6.01. The van der Waals surface area contributed by atoms with Crippen molar-refractivity contribution in [3.05, 3.63) is 35.4 Å². The largest absolute Gasteiger partial charge is 0.469 e. The summed E-state index contributed by atoms with van der Waals surface area (Å²) in [6.45, 7) is 0. The number of rotatable bonds is 5. The predicted molar refractivity (Wildman–Crippen MR) is 60.2 cm³/mol. The van der Waals surface area contributed by atoms with Gasteiger partial charge in [0.2, 0.25) is 0 Å². The number of methoxy groups -OCH3 is 1. The van der Waals surface area contributed by atoms with Gasteiger partial charge < -0.3 is 10.1 Å². The van der Waals surface area contributed by atoms with Crippen LogP contribution in [-0.2, 0) is 9.53 Å². The van der Waals surface area contributed by atoms with E-state index in [2.05, 4.69) is 10.1 Å². The molecule has 0 radical (unpaired) electrons. The van der Waals surface area contributed by atoms with Gasteiger partial charge in [0.25, 0.3) is 0 Å². The van der Waals surface area contributed by atoms with E-state index in [1.165, 1.54) is 20.2 Å². The Hall–Kier alpha value is -1.82. The van der Waals surface area contributed by atoms with E-state index in [1.54, 1.807) is 0 Å². The van der Waals surface area contributed by atoms with Gasteiger partial charge in [0.15, 0.2) is 17.4 Å². The molecular formula is C12H13F2NO3. The molecule has 1 aromatic rings. The van der Waals surface area contributed by atoms with Gasteiger partial charge >= 0.3 is 5.97 Å². The predicted octanol–water partition coefficient (Wildman–Crippen LogP) is 1.30. The van der Waals surface area contributed by atoms with E-state index in [-0.39, 0.29) is 12.0 Å². The molecule has 18 heavy (non-hydrogen) atoms. The van der Waals surface area contributed by atoms with Gasteiger partial charge in [-0.15, -0.1) is 0 Å². The van der Waals surface area contributed by atoms with E-state index in [1.807, 2.05) is 0 Å². The second-order valence-electron chi connectivity index (χ2n) is 3.61. The third kappa shape index (κ3) is 3.33. The number of ketones is 1. The zero-order valence-corrected chi connectivity index (χ0v) is 10.00. The summed E-state index contributed by atoms with van der Waals surface area (Å²) in [5.41, 5.74) is -0.00264. The van der Waals surface area contributed by atoms with E-state index in [4.69, 9.17) is 0 Å². The van der Waals surface area contributed by atoms with Crippen molar-refractivity contribution in [3.8, 4) is 0 Å². The molecule has 98 valence electrons. The second-order valence-corrected chi connectivity index (χ2v) is 3.61. The van der Waals surface area contributed by atoms with Crippen LogP contribution in [0.25, 0.3) is 0 Å². The zero-order valence-electron chi connectivity index (χ0n) is 10.00. The monoisotopic (exact) mass is 257 g/mol. The fraction of sp³-hybridized carbons (Fsp3) is 0.333. The first-order chi connectivity index (χ1) is 8.49. The van der Waals surface area contributed by atoms with E-state index >= 15 is 0 Å². The Kier molecular flexibility index (Phi) is 4.91. The van der Waals surface area contributed by atoms with Crippen molar-refractivity contribution >= 4 is 11.8 Å². The number of hydrogen-bond acceptors (Lipinski definition) is 4. The number of nitrogens with one attached hydrogen (secondary N) is 1. The second kappa shape index (κ2) is 6.20. The molecule has 0 spiro atoms. The minimum atomic E-state index is -1.10. The lowest BCUT2D eigenvalue weighted by atomic mass is 10.0. The number of ether oxygens (including phenoxy) is 1. The normalized spacial score (nSPS) is 12.0. The summed E-state index contributed by atoms with van der Waals surface area (Å²) in [5, 5.41) is 2.63. The van der Waals surface area contributed by atoms with Crippen LogP contribution < -0.4 is 5.32 Å². The Bertz CT molecular complexity index is 463. The van der Waals surface area contributed by atoms with Crippen LogP contribution in [0.15, 0.2) is 18.2 Å². The fourth-order valence-corrected chi connectivity index (χ4v) is 1.43. The van der Waals surface area contributed by atoms with Gasteiger partial charge in [-0.25, -0.2) is 8.78 Å². The zero-order chi connectivity index (χ0) is 13.7. The number of likely N-dealkylation sites (N-methyl/N-ethyl adjacent to an activating group) is 1. The van der Waals surface area contributed by atoms with E-state index in [0.29, 0.717) is 0 Å². The summed E-state index contributed by atoms with van der Waals surface area (Å²) in [7, 11) is 2.70. The summed E-state index contributed by atoms with van der Waals surface area (Å²) >= 11 is 0. The number of carbonyl (C=O) groups is 2. The van der Waals surface area contributed by atoms with Crippen LogP contribution in [-0.4, -0.2) is 32.0 Å². The van der Waals surface area contributed by atoms with Gasteiger partial charge in [-0.1, -0.05) is 0 Å². The average molecular weight is 257 g/mol. The molecule has 0 aliphatic rings. The van der Waals surface area contributed by atoms with Crippen molar-refractivity contribution in [1.29, 1.82) is 0 Å². The highest BCUT2D eigenvalue weighted by Crippen LogP contribution is 2.12. The van der Waals surface area contributed by atoms with Gasteiger partial charge in [0, 0.05) is 5.56 Å². The molecule has 0 aliphatic heterocycles. The third-order valence-electron chi connectivity index (χ3n) is 2.47. The lowest BCUT2D eigenvalue weighted by Crippen LogP contribution is -2.36. The Morgan fingerprint density at radius 1 is 1.33 bits per heavy atom. The van der Waals surface area contributed by atoms with Crippen molar-refractivity contribution in [2.45, 2.75) is 12.5 Å². The Labute approximate surface area is 103 Å². The molecular weight excluding hydrogens is 244 g/mol. The maximum Gasteiger partial charge on any atom is 0.307 e. The summed E-state index contributed by atoms with van der Waals surface area (Å²) in [6, 6.07) is 2.01. The molecule has 1 unspecified atom stereocenters. The van der Waals surface area contributed by atoms with Gasteiger partial charge in [-0.3, -0.25) is 9.59 Å². The van der Waals surface area contributed by atoms with E-state index in [0.717, 1.165) is 12.1 Å². The molecule has 1 atom stereocenters. The SMILES string of the molecule is CNC(CC(=O)OC)C(=O)c1ccc(F)c(F)c1. The minimum Gasteiger partial charge on any atom is -0.469 e. The van der Waals surface area contributed by atoms with Gasteiger partial charge in [0.05, 0.1) is 19.6 Å². The molecule has 0 fully saturated rings. The van der Waals surface area contributed by atoms with Crippen LogP contribution >= 0.6 is 0 Å². The molecule has 0 amide bonds. The first-order valence-corrected chi connectivity index (χ1v) is 5.23. The third-order valence-corrected chi connectivity index (χ3v) is 2.47. The molecule has 0 saturated heterocycles. The molecule has 1 N–H and O–H groups in total. The summed E-state index contributed by atoms with van der Waals surface area (Å²) in [5.74, 6) is -3.19. The molecule has 0 bridgehead atoms. The van der Waals surface area contributed by atoms with Crippen LogP contribution in [0.4, 0.5) is 8.78 Å². The molecule has 0 heterocycles. The van der Waals surface area contributed by atoms with Gasteiger partial charge in [-0.05, 0) is 25.2 Å². The maximum absolute atomic E-state index is 13.0. The first-order valence-electron chi connectivity index (χ1n) is 5.23. The smallest absolute Gasteiger partial charge is 0.307 e. The summed E-state index contributed by atoms with van der Waals surface area (Å²) < 4.78 is 30.2. The average Bonchev–Trinajstić information content (AvgIpc) is 2.38. The van der Waals surface area contributed by atoms with Crippen LogP contribution in [0.2, 0.25) is 0 Å². The topological polar surface area (TPSA) is 55.4 Å². The Morgan fingerprint density at radius 3 is 2.50 bits per heavy atom. The number of esters is 1. The lowest BCUT2D eigenvalue weighted by Gasteiger charge is -2.13. The number of benzene rings is 1. The quantitative estimate of drug-likeness (QED) is 0.638. The van der Waals surface area contributed by atoms with Crippen molar-refractivity contribution in [2.24, 2.45) is 0 Å². The van der Waals surface area contributed by atoms with E-state index in [9.17, 15) is 18.4 Å². The Balaban J connectivity index is 2.89. The summed E-state index contributed by atoms with van der Waals surface area (Å²) in [6.07, 6.45) is -0.176. The number of halogens is 2. The Morgan fingerprint density at radius 2 is 2.00 bits per heavy atom. The van der Waals surface area contributed by atoms with Crippen molar-refractivity contribution in [2.75, 3.05) is 14.2 Å². The fourth-order valence-electron chi connectivity index (χ4n) is 1.43. The lowest BCUT2D eigenvalue weighted by molar-refractivity contribution is -0.140. The summed E-state index contributed by atoms with van der Waals surface area (Å²) in [4.78, 5) is 23.0. The van der Waals surface area contributed by atoms with Crippen LogP contribution in [0, 0.1) is 11.6 Å². The standard InChI is InChI=1S/C12H13F2NO3/c1-15-10(6-11(16)18-2)12(17)7-3-4-8(13)9(14)5-7/h3-5,10,15H,6H2,1-2H3. The van der Waals surface area contributed by atoms with Crippen molar-refractivity contribution < 1.29 is 23.1 Å². The first kappa shape index (κ1) is 14.2. The van der Waals surface area contributed by atoms with E-state index < -0.39 is 29.4 Å². The molecule has 6 heteroatoms. The molecule has 0 saturated carbocycles. The van der Waals surface area contributed by atoms with Crippen LogP contribution in [0.5, 0.6) is 0 Å². The van der Waals surface area contributed by atoms with Gasteiger partial charge in [-0.2, -0.15) is 0 Å². The van der Waals surface area contributed by atoms with Crippen molar-refractivity contribution in [1.82, 2.24) is 5.32 Å². The maximum atomic E-state index is 13.0.